The molecule has 0 N–H and O–H groups in total. The highest BCUT2D eigenvalue weighted by molar-refractivity contribution is 6.61. The van der Waals surface area contributed by atoms with E-state index in [1.54, 1.807) is 24.3 Å². The van der Waals surface area contributed by atoms with Crippen molar-refractivity contribution < 1.29 is 55.2 Å². The highest BCUT2D eigenvalue weighted by atomic mass is 28.4. The van der Waals surface area contributed by atoms with Crippen LogP contribution in [0.2, 0.25) is 12.1 Å². The first-order chi connectivity index (χ1) is 34.1. The molecule has 70 heavy (non-hydrogen) atoms. The van der Waals surface area contributed by atoms with Crippen LogP contribution in [-0.2, 0) is 26.6 Å². The lowest BCUT2D eigenvalue weighted by Gasteiger charge is -2.32. The summed E-state index contributed by atoms with van der Waals surface area (Å²) in [7, 11) is -6.16. The van der Waals surface area contributed by atoms with Crippen LogP contribution >= 0.6 is 0 Å². The Morgan fingerprint density at radius 3 is 1.04 bits per heavy atom. The summed E-state index contributed by atoms with van der Waals surface area (Å²) in [4.78, 5) is 61.9. The number of hydrogen-bond acceptors (Lipinski definition) is 12. The normalized spacial score (nSPS) is 14.1. The van der Waals surface area contributed by atoms with Gasteiger partial charge in [0, 0.05) is 108 Å². The summed E-state index contributed by atoms with van der Waals surface area (Å²) in [5, 5.41) is 4.72. The molecule has 0 saturated heterocycles. The summed E-state index contributed by atoms with van der Waals surface area (Å²) >= 11 is 0. The first kappa shape index (κ1) is 48.9. The third-order valence-electron chi connectivity index (χ3n) is 12.8. The molecule has 7 aromatic carbocycles. The minimum absolute atomic E-state index is 0.106. The first-order valence-corrected chi connectivity index (χ1v) is 28.2. The van der Waals surface area contributed by atoms with Gasteiger partial charge < -0.3 is 36.0 Å². The van der Waals surface area contributed by atoms with Gasteiger partial charge >= 0.3 is 17.6 Å². The zero-order valence-electron chi connectivity index (χ0n) is 40.5. The van der Waals surface area contributed by atoms with Crippen LogP contribution in [0.15, 0.2) is 97.1 Å². The van der Waals surface area contributed by atoms with Gasteiger partial charge in [0.2, 0.25) is 0 Å². The zero-order valence-corrected chi connectivity index (χ0v) is 42.5. The number of hydrogen-bond donors (Lipinski definition) is 0. The molecule has 9 rings (SSSR count). The molecule has 0 spiro atoms. The van der Waals surface area contributed by atoms with E-state index in [0.717, 1.165) is 0 Å². The van der Waals surface area contributed by atoms with Crippen LogP contribution in [0.3, 0.4) is 0 Å². The summed E-state index contributed by atoms with van der Waals surface area (Å²) in [6.07, 6.45) is 0.800. The molecule has 0 aliphatic carbocycles. The summed E-state index contributed by atoms with van der Waals surface area (Å²) < 4.78 is 50.1. The summed E-state index contributed by atoms with van der Waals surface area (Å²) in [5.41, 5.74) is 1.31. The number of ether oxygens (including phenoxy) is 2. The van der Waals surface area contributed by atoms with Crippen LogP contribution < -0.4 is 9.47 Å². The van der Waals surface area contributed by atoms with Gasteiger partial charge in [0.25, 0.3) is 23.6 Å². The maximum Gasteiger partial charge on any atom is 0.500 e. The number of para-hydroxylation sites is 2. The second kappa shape index (κ2) is 20.7. The van der Waals surface area contributed by atoms with Gasteiger partial charge in [0.1, 0.15) is 23.0 Å². The molecular weight excluding hydrogens is 925 g/mol. The minimum Gasteiger partial charge on any atom is -0.457 e. The fraction of sp³-hybridized carbons (Fsp3) is 0.333. The zero-order chi connectivity index (χ0) is 49.2. The average molecular weight is 983 g/mol. The van der Waals surface area contributed by atoms with Crippen molar-refractivity contribution in [2.24, 2.45) is 0 Å². The molecule has 0 fully saturated rings. The Kier molecular flexibility index (Phi) is 14.5. The monoisotopic (exact) mass is 982 g/mol. The topological polar surface area (TPSA) is 149 Å². The summed E-state index contributed by atoms with van der Waals surface area (Å²) in [6, 6.07) is 30.1. The summed E-state index contributed by atoms with van der Waals surface area (Å²) in [6.45, 7) is 14.0. The Morgan fingerprint density at radius 2 is 0.714 bits per heavy atom. The lowest BCUT2D eigenvalue weighted by Crippen LogP contribution is -2.47. The lowest BCUT2D eigenvalue weighted by atomic mass is 9.81. The van der Waals surface area contributed by atoms with Crippen molar-refractivity contribution >= 4 is 84.3 Å². The van der Waals surface area contributed by atoms with Gasteiger partial charge in [-0.3, -0.25) is 29.0 Å². The Bertz CT molecular complexity index is 2850. The number of imide groups is 2. The standard InChI is InChI=1S/C54H58N2O12Si2/c1-7-61-69(62-8-2,63-9-3)31-19-29-55-51(57)39-27-25-37-48-44(68-36-23-17-14-18-24-36)34-42-46-40(52(58)56(54(42)60)30-20-32-70(64-10-4,65-11-5)66-12-6)28-26-38(50(46)48)47-43(67-35-21-15-13-16-22-35)33-41(53(55)59)45(39)49(37)47/h13-18,21-28,33-34H,7-12,19-20,29-32H2,1-6H3. The van der Waals surface area contributed by atoms with E-state index in [0.29, 0.717) is 153 Å². The third-order valence-corrected chi connectivity index (χ3v) is 19.1. The van der Waals surface area contributed by atoms with Gasteiger partial charge in [-0.2, -0.15) is 0 Å². The van der Waals surface area contributed by atoms with E-state index in [1.807, 2.05) is 114 Å². The van der Waals surface area contributed by atoms with Gasteiger partial charge in [-0.1, -0.05) is 48.5 Å². The molecule has 0 saturated carbocycles. The van der Waals surface area contributed by atoms with Crippen molar-refractivity contribution in [2.75, 3.05) is 52.7 Å². The number of rotatable bonds is 24. The second-order valence-corrected chi connectivity index (χ2v) is 22.4. The number of benzene rings is 7. The number of carbonyl (C=O) groups is 4. The highest BCUT2D eigenvalue weighted by Gasteiger charge is 2.44. The molecule has 0 bridgehead atoms. The molecule has 0 unspecified atom stereocenters. The van der Waals surface area contributed by atoms with Gasteiger partial charge in [-0.25, -0.2) is 0 Å². The lowest BCUT2D eigenvalue weighted by molar-refractivity contribution is 0.0573. The van der Waals surface area contributed by atoms with Crippen LogP contribution in [0.1, 0.15) is 95.8 Å². The molecule has 364 valence electrons. The number of nitrogens with zero attached hydrogens (tertiary/aromatic N) is 2. The average Bonchev–Trinajstić information content (AvgIpc) is 3.35. The van der Waals surface area contributed by atoms with E-state index in [9.17, 15) is 19.2 Å². The molecular formula is C54H58N2O12Si2. The van der Waals surface area contributed by atoms with E-state index in [1.165, 1.54) is 9.80 Å². The van der Waals surface area contributed by atoms with E-state index < -0.39 is 41.2 Å². The Morgan fingerprint density at radius 1 is 0.386 bits per heavy atom. The quantitative estimate of drug-likeness (QED) is 0.0245. The van der Waals surface area contributed by atoms with E-state index in [2.05, 4.69) is 0 Å². The van der Waals surface area contributed by atoms with Crippen molar-refractivity contribution in [3.63, 3.8) is 0 Å². The maximum absolute atomic E-state index is 14.9. The third kappa shape index (κ3) is 8.76. The fourth-order valence-corrected chi connectivity index (χ4v) is 15.4. The van der Waals surface area contributed by atoms with Crippen LogP contribution in [0.4, 0.5) is 0 Å². The van der Waals surface area contributed by atoms with Crippen LogP contribution in [-0.4, -0.2) is 104 Å². The van der Waals surface area contributed by atoms with Gasteiger partial charge in [-0.15, -0.1) is 0 Å². The van der Waals surface area contributed by atoms with Crippen molar-refractivity contribution in [1.82, 2.24) is 9.80 Å². The van der Waals surface area contributed by atoms with Gasteiger partial charge in [-0.05, 0) is 114 Å². The van der Waals surface area contributed by atoms with Crippen LogP contribution in [0, 0.1) is 0 Å². The fourth-order valence-electron chi connectivity index (χ4n) is 10.2. The molecule has 16 heteroatoms. The first-order valence-electron chi connectivity index (χ1n) is 24.4. The molecule has 14 nitrogen and oxygen atoms in total. The van der Waals surface area contributed by atoms with E-state index in [-0.39, 0.29) is 13.1 Å². The Labute approximate surface area is 409 Å². The molecule has 4 amide bonds. The predicted molar refractivity (Wildman–Crippen MR) is 272 cm³/mol. The molecule has 0 aromatic heterocycles. The van der Waals surface area contributed by atoms with Crippen molar-refractivity contribution in [1.29, 1.82) is 0 Å². The molecule has 2 heterocycles. The largest absolute Gasteiger partial charge is 0.500 e. The van der Waals surface area contributed by atoms with E-state index >= 15 is 0 Å². The van der Waals surface area contributed by atoms with E-state index in [4.69, 9.17) is 36.0 Å². The van der Waals surface area contributed by atoms with Crippen LogP contribution in [0.5, 0.6) is 23.0 Å². The maximum atomic E-state index is 14.9. The molecule has 7 aromatic rings. The highest BCUT2D eigenvalue weighted by Crippen LogP contribution is 2.53. The summed E-state index contributed by atoms with van der Waals surface area (Å²) in [5.74, 6) is -0.0165. The van der Waals surface area contributed by atoms with Crippen molar-refractivity contribution in [2.45, 2.75) is 66.5 Å². The van der Waals surface area contributed by atoms with Crippen molar-refractivity contribution in [3.05, 3.63) is 119 Å². The molecule has 2 aliphatic rings. The minimum atomic E-state index is -3.08. The number of amides is 4. The smallest absolute Gasteiger partial charge is 0.457 e. The number of carbonyl (C=O) groups excluding carboxylic acids is 4. The Hall–Kier alpha value is -6.09. The second-order valence-electron chi connectivity index (χ2n) is 16.9. The molecule has 0 radical (unpaired) electrons. The predicted octanol–water partition coefficient (Wildman–Crippen LogP) is 11.4. The molecule has 2 aliphatic heterocycles. The number of fused-ring (bicyclic) bond motifs is 2. The molecule has 0 atom stereocenters. The SMILES string of the molecule is CCO[Si](CCCN1C(=O)c2ccc3c4c(Oc5ccccc5)cc5c6c(ccc(c7c(Oc8ccccc8)cc(c2c37)C1=O)c64)C(=O)N(CCC[Si](OCC)(OCC)OCC)C5=O)(OCC)OCC. The Balaban J connectivity index is 1.23. The van der Waals surface area contributed by atoms with Gasteiger partial charge in [0.05, 0.1) is 11.1 Å². The van der Waals surface area contributed by atoms with Crippen molar-refractivity contribution in [3.8, 4) is 23.0 Å². The van der Waals surface area contributed by atoms with Crippen LogP contribution in [0.25, 0.3) is 43.1 Å². The van der Waals surface area contributed by atoms with Gasteiger partial charge in [0.15, 0.2) is 0 Å².